The zero-order valence-electron chi connectivity index (χ0n) is 23.2. The van der Waals surface area contributed by atoms with Gasteiger partial charge in [0, 0.05) is 25.3 Å². The minimum absolute atomic E-state index is 0.0166. The van der Waals surface area contributed by atoms with Crippen LogP contribution in [0.5, 0.6) is 5.75 Å². The van der Waals surface area contributed by atoms with Gasteiger partial charge in [-0.3, -0.25) is 19.2 Å². The van der Waals surface area contributed by atoms with Crippen LogP contribution in [-0.4, -0.2) is 70.8 Å². The van der Waals surface area contributed by atoms with Crippen LogP contribution in [0.25, 0.3) is 0 Å². The summed E-state index contributed by atoms with van der Waals surface area (Å²) in [6.07, 6.45) is -0.265. The van der Waals surface area contributed by atoms with Gasteiger partial charge in [-0.05, 0) is 56.9 Å². The Balaban J connectivity index is 2.41. The van der Waals surface area contributed by atoms with Crippen LogP contribution >= 0.6 is 11.6 Å². The van der Waals surface area contributed by atoms with E-state index in [-0.39, 0.29) is 41.4 Å². The van der Waals surface area contributed by atoms with Crippen molar-refractivity contribution in [3.05, 3.63) is 40.9 Å². The Morgan fingerprint density at radius 1 is 1.00 bits per heavy atom. The van der Waals surface area contributed by atoms with Gasteiger partial charge in [-0.25, -0.2) is 4.79 Å². The number of cyclic esters (lactones) is 1. The number of phenols is 1. The van der Waals surface area contributed by atoms with Gasteiger partial charge >= 0.3 is 5.97 Å². The number of hydrogen-bond donors (Lipinski definition) is 3. The average Bonchev–Trinajstić information content (AvgIpc) is 2.86. The van der Waals surface area contributed by atoms with Crippen LogP contribution in [0, 0.1) is 11.8 Å². The molecule has 0 aromatic heterocycles. The molecule has 0 spiro atoms. The van der Waals surface area contributed by atoms with E-state index in [9.17, 15) is 29.1 Å². The van der Waals surface area contributed by atoms with E-state index in [1.165, 1.54) is 37.9 Å². The van der Waals surface area contributed by atoms with E-state index in [4.69, 9.17) is 16.3 Å². The summed E-state index contributed by atoms with van der Waals surface area (Å²) in [5.41, 5.74) is 0.834. The third-order valence-corrected chi connectivity index (χ3v) is 7.10. The molecular weight excluding hydrogens is 526 g/mol. The average molecular weight is 564 g/mol. The molecule has 6 atom stereocenters. The highest BCUT2D eigenvalue weighted by Crippen LogP contribution is 2.25. The first kappa shape index (κ1) is 31.8. The van der Waals surface area contributed by atoms with E-state index < -0.39 is 59.8 Å². The number of hydrogen-bond acceptors (Lipinski definition) is 7. The van der Waals surface area contributed by atoms with Crippen molar-refractivity contribution in [1.29, 1.82) is 0 Å². The van der Waals surface area contributed by atoms with Crippen molar-refractivity contribution < 1.29 is 33.8 Å². The molecule has 3 amide bonds. The molecule has 11 heteroatoms. The van der Waals surface area contributed by atoms with Crippen molar-refractivity contribution in [1.82, 2.24) is 15.5 Å². The SMILES string of the molecule is C=C1CC(C)C(=O)NC(C)C(=O)N(C)C(Cc2ccc(O)c(Cl)c2)C(=O)NC(C)C(=O)OC(C)CC(C)C1=O. The fourth-order valence-electron chi connectivity index (χ4n) is 4.42. The normalized spacial score (nSPS) is 28.7. The lowest BCUT2D eigenvalue weighted by Crippen LogP contribution is -2.56. The number of halogens is 1. The summed E-state index contributed by atoms with van der Waals surface area (Å²) in [6.45, 7) is 11.8. The van der Waals surface area contributed by atoms with E-state index in [0.717, 1.165) is 0 Å². The fraction of sp³-hybridized carbons (Fsp3) is 0.536. The number of ether oxygens (including phenoxy) is 1. The highest BCUT2D eigenvalue weighted by molar-refractivity contribution is 6.32. The predicted molar refractivity (Wildman–Crippen MR) is 146 cm³/mol. The number of carbonyl (C=O) groups is 5. The zero-order chi connectivity index (χ0) is 29.6. The molecule has 214 valence electrons. The second-order valence-electron chi connectivity index (χ2n) is 10.4. The monoisotopic (exact) mass is 563 g/mol. The number of likely N-dealkylation sites (N-methyl/N-ethyl adjacent to an activating group) is 1. The van der Waals surface area contributed by atoms with Crippen molar-refractivity contribution in [3.8, 4) is 5.75 Å². The van der Waals surface area contributed by atoms with Gasteiger partial charge in [-0.2, -0.15) is 0 Å². The molecule has 1 aromatic rings. The van der Waals surface area contributed by atoms with E-state index in [2.05, 4.69) is 17.2 Å². The second kappa shape index (κ2) is 13.6. The number of phenolic OH excluding ortho intramolecular Hbond substituents is 1. The topological polar surface area (TPSA) is 142 Å². The lowest BCUT2D eigenvalue weighted by atomic mass is 9.90. The van der Waals surface area contributed by atoms with Crippen molar-refractivity contribution in [2.45, 2.75) is 78.1 Å². The predicted octanol–water partition coefficient (Wildman–Crippen LogP) is 2.55. The third kappa shape index (κ3) is 8.54. The molecule has 3 N–H and O–H groups in total. The zero-order valence-corrected chi connectivity index (χ0v) is 24.0. The maximum absolute atomic E-state index is 13.4. The summed E-state index contributed by atoms with van der Waals surface area (Å²) in [5, 5.41) is 15.1. The first-order valence-corrected chi connectivity index (χ1v) is 13.3. The van der Waals surface area contributed by atoms with Gasteiger partial charge in [-0.1, -0.05) is 38.1 Å². The molecule has 0 saturated carbocycles. The minimum Gasteiger partial charge on any atom is -0.506 e. The van der Waals surface area contributed by atoms with Crippen molar-refractivity contribution >= 4 is 41.1 Å². The van der Waals surface area contributed by atoms with E-state index in [1.54, 1.807) is 26.8 Å². The highest BCUT2D eigenvalue weighted by Gasteiger charge is 2.34. The van der Waals surface area contributed by atoms with Gasteiger partial charge in [0.15, 0.2) is 5.78 Å². The van der Waals surface area contributed by atoms with Gasteiger partial charge in [0.05, 0.1) is 11.1 Å². The summed E-state index contributed by atoms with van der Waals surface area (Å²) < 4.78 is 5.47. The molecule has 1 aliphatic heterocycles. The van der Waals surface area contributed by atoms with Crippen molar-refractivity contribution in [3.63, 3.8) is 0 Å². The van der Waals surface area contributed by atoms with Crippen LogP contribution in [0.3, 0.4) is 0 Å². The van der Waals surface area contributed by atoms with E-state index in [1.807, 2.05) is 0 Å². The Labute approximate surface area is 234 Å². The molecule has 39 heavy (non-hydrogen) atoms. The van der Waals surface area contributed by atoms with Crippen LogP contribution in [0.4, 0.5) is 0 Å². The number of amides is 3. The number of ketones is 1. The lowest BCUT2D eigenvalue weighted by Gasteiger charge is -2.31. The number of aromatic hydroxyl groups is 1. The van der Waals surface area contributed by atoms with Gasteiger partial charge in [0.25, 0.3) is 0 Å². The second-order valence-corrected chi connectivity index (χ2v) is 10.8. The lowest BCUT2D eigenvalue weighted by molar-refractivity contribution is -0.153. The number of carbonyl (C=O) groups excluding carboxylic acids is 5. The van der Waals surface area contributed by atoms with Gasteiger partial charge in [-0.15, -0.1) is 0 Å². The molecular formula is C28H38ClN3O7. The number of rotatable bonds is 2. The van der Waals surface area contributed by atoms with Gasteiger partial charge in [0.2, 0.25) is 17.7 Å². The Morgan fingerprint density at radius 3 is 2.23 bits per heavy atom. The number of nitrogens with one attached hydrogen (secondary N) is 2. The Morgan fingerprint density at radius 2 is 1.62 bits per heavy atom. The van der Waals surface area contributed by atoms with Crippen LogP contribution < -0.4 is 10.6 Å². The molecule has 1 fully saturated rings. The van der Waals surface area contributed by atoms with Crippen molar-refractivity contribution in [2.24, 2.45) is 11.8 Å². The molecule has 2 rings (SSSR count). The summed E-state index contributed by atoms with van der Waals surface area (Å²) >= 11 is 6.04. The number of Topliss-reactive ketones (excluding diaryl/α,β-unsaturated/α-hetero) is 1. The summed E-state index contributed by atoms with van der Waals surface area (Å²) in [6, 6.07) is 1.30. The largest absolute Gasteiger partial charge is 0.506 e. The number of nitrogens with zero attached hydrogens (tertiary/aromatic N) is 1. The van der Waals surface area contributed by atoms with Crippen LogP contribution in [-0.2, 0) is 35.1 Å². The quantitative estimate of drug-likeness (QED) is 0.371. The molecule has 1 aliphatic rings. The summed E-state index contributed by atoms with van der Waals surface area (Å²) in [5.74, 6) is -3.81. The van der Waals surface area contributed by atoms with Gasteiger partial charge in [0.1, 0.15) is 23.9 Å². The maximum atomic E-state index is 13.4. The number of benzene rings is 1. The Bertz CT molecular complexity index is 1140. The first-order valence-electron chi connectivity index (χ1n) is 12.9. The van der Waals surface area contributed by atoms with Crippen molar-refractivity contribution in [2.75, 3.05) is 7.05 Å². The van der Waals surface area contributed by atoms with Crippen LogP contribution in [0.2, 0.25) is 5.02 Å². The maximum Gasteiger partial charge on any atom is 0.328 e. The summed E-state index contributed by atoms with van der Waals surface area (Å²) in [7, 11) is 1.42. The smallest absolute Gasteiger partial charge is 0.328 e. The fourth-order valence-corrected chi connectivity index (χ4v) is 4.62. The Kier molecular flexibility index (Phi) is 11.1. The first-order chi connectivity index (χ1) is 18.1. The van der Waals surface area contributed by atoms with Gasteiger partial charge < -0.3 is 25.4 Å². The van der Waals surface area contributed by atoms with E-state index in [0.29, 0.717) is 5.56 Å². The van der Waals surface area contributed by atoms with E-state index >= 15 is 0 Å². The minimum atomic E-state index is -1.08. The molecule has 0 radical (unpaired) electrons. The Hall–Kier alpha value is -3.40. The van der Waals surface area contributed by atoms with Crippen LogP contribution in [0.15, 0.2) is 30.4 Å². The number of allylic oxidation sites excluding steroid dienone is 1. The summed E-state index contributed by atoms with van der Waals surface area (Å²) in [4.78, 5) is 66.2. The molecule has 10 nitrogen and oxygen atoms in total. The molecule has 0 bridgehead atoms. The molecule has 1 heterocycles. The molecule has 1 saturated heterocycles. The molecule has 1 aromatic carbocycles. The third-order valence-electron chi connectivity index (χ3n) is 6.80. The molecule has 0 aliphatic carbocycles. The number of esters is 1. The van der Waals surface area contributed by atoms with Crippen LogP contribution in [0.1, 0.15) is 53.0 Å². The standard InChI is InChI=1S/C28H38ClN3O7/c1-14-10-16(3)25(35)30-18(5)27(37)32(7)22(13-20-8-9-23(33)21(29)12-20)26(36)31-19(6)28(38)39-17(4)11-15(2)24(14)34/h8-9,12,15-19,22,33H,1,10-11,13H2,2-7H3,(H,30,35)(H,31,36). The molecule has 6 unspecified atom stereocenters. The highest BCUT2D eigenvalue weighted by atomic mass is 35.5.